The molecule has 0 saturated carbocycles. The minimum absolute atomic E-state index is 0.00683. The zero-order chi connectivity index (χ0) is 13.8. The number of hydrogen-bond acceptors (Lipinski definition) is 2. The molecule has 96 valence electrons. The van der Waals surface area contributed by atoms with E-state index in [0.717, 1.165) is 23.8 Å². The molecule has 0 aromatic heterocycles. The highest BCUT2D eigenvalue weighted by atomic mass is 35.5. The molecule has 0 saturated heterocycles. The van der Waals surface area contributed by atoms with E-state index in [-0.39, 0.29) is 22.9 Å². The van der Waals surface area contributed by atoms with Crippen LogP contribution in [0.15, 0.2) is 36.4 Å². The molecule has 0 amide bonds. The Morgan fingerprint density at radius 2 is 1.79 bits per heavy atom. The lowest BCUT2D eigenvalue weighted by molar-refractivity contribution is 0.467. The molecule has 0 N–H and O–H groups in total. The SMILES string of the molecule is N#Cc1cc(CCl)ccc1Oc1cc(F)cc(F)c1. The normalized spacial score (nSPS) is 10.0. The van der Waals surface area contributed by atoms with E-state index in [0.29, 0.717) is 0 Å². The van der Waals surface area contributed by atoms with Gasteiger partial charge in [0.25, 0.3) is 0 Å². The molecule has 5 heteroatoms. The van der Waals surface area contributed by atoms with Crippen LogP contribution in [0.4, 0.5) is 8.78 Å². The lowest BCUT2D eigenvalue weighted by Gasteiger charge is -2.08. The quantitative estimate of drug-likeness (QED) is 0.782. The molecule has 2 aromatic carbocycles. The lowest BCUT2D eigenvalue weighted by Crippen LogP contribution is -1.91. The number of hydrogen-bond donors (Lipinski definition) is 0. The first-order chi connectivity index (χ1) is 9.12. The second-order valence-electron chi connectivity index (χ2n) is 3.78. The van der Waals surface area contributed by atoms with Crippen LogP contribution in [0.25, 0.3) is 0 Å². The molecule has 0 spiro atoms. The van der Waals surface area contributed by atoms with Crippen LogP contribution in [0, 0.1) is 23.0 Å². The third-order valence-electron chi connectivity index (χ3n) is 2.38. The molecule has 2 aromatic rings. The third kappa shape index (κ3) is 3.21. The summed E-state index contributed by atoms with van der Waals surface area (Å²) in [7, 11) is 0. The third-order valence-corrected chi connectivity index (χ3v) is 2.69. The maximum atomic E-state index is 13.0. The number of rotatable bonds is 3. The van der Waals surface area contributed by atoms with Crippen molar-refractivity contribution < 1.29 is 13.5 Å². The summed E-state index contributed by atoms with van der Waals surface area (Å²) in [6.45, 7) is 0. The Morgan fingerprint density at radius 1 is 1.11 bits per heavy atom. The van der Waals surface area contributed by atoms with Gasteiger partial charge < -0.3 is 4.74 Å². The zero-order valence-corrected chi connectivity index (χ0v) is 10.4. The predicted molar refractivity (Wildman–Crippen MR) is 67.1 cm³/mol. The van der Waals surface area contributed by atoms with Gasteiger partial charge in [-0.25, -0.2) is 8.78 Å². The Bertz CT molecular complexity index is 632. The smallest absolute Gasteiger partial charge is 0.145 e. The standard InChI is InChI=1S/C14H8ClF2NO/c15-7-9-1-2-14(10(3-9)8-18)19-13-5-11(16)4-12(17)6-13/h1-6H,7H2. The van der Waals surface area contributed by atoms with Crippen molar-refractivity contribution in [2.75, 3.05) is 0 Å². The van der Waals surface area contributed by atoms with Gasteiger partial charge in [-0.05, 0) is 17.7 Å². The Labute approximate surface area is 113 Å². The number of benzene rings is 2. The first kappa shape index (κ1) is 13.3. The molecule has 2 nitrogen and oxygen atoms in total. The summed E-state index contributed by atoms with van der Waals surface area (Å²) in [5, 5.41) is 9.00. The van der Waals surface area contributed by atoms with Crippen LogP contribution < -0.4 is 4.74 Å². The minimum atomic E-state index is -0.745. The van der Waals surface area contributed by atoms with Crippen molar-refractivity contribution >= 4 is 11.6 Å². The summed E-state index contributed by atoms with van der Waals surface area (Å²) < 4.78 is 31.4. The van der Waals surface area contributed by atoms with E-state index in [4.69, 9.17) is 21.6 Å². The second-order valence-corrected chi connectivity index (χ2v) is 4.05. The van der Waals surface area contributed by atoms with Gasteiger partial charge in [0.1, 0.15) is 29.2 Å². The molecule has 0 radical (unpaired) electrons. The van der Waals surface area contributed by atoms with Crippen molar-refractivity contribution in [3.8, 4) is 17.6 Å². The summed E-state index contributed by atoms with van der Waals surface area (Å²) in [4.78, 5) is 0. The van der Waals surface area contributed by atoms with Crippen molar-refractivity contribution in [2.24, 2.45) is 0 Å². The predicted octanol–water partition coefficient (Wildman–Crippen LogP) is 4.37. The van der Waals surface area contributed by atoms with Crippen molar-refractivity contribution in [1.82, 2.24) is 0 Å². The molecule has 19 heavy (non-hydrogen) atoms. The molecule has 0 aliphatic heterocycles. The summed E-state index contributed by atoms with van der Waals surface area (Å²) >= 11 is 5.66. The number of alkyl halides is 1. The van der Waals surface area contributed by atoms with Crippen LogP contribution >= 0.6 is 11.6 Å². The topological polar surface area (TPSA) is 33.0 Å². The molecule has 0 fully saturated rings. The second kappa shape index (κ2) is 5.68. The number of halogens is 3. The van der Waals surface area contributed by atoms with E-state index in [1.165, 1.54) is 0 Å². The van der Waals surface area contributed by atoms with Crippen molar-refractivity contribution in [3.63, 3.8) is 0 Å². The molecule has 2 rings (SSSR count). The minimum Gasteiger partial charge on any atom is -0.456 e. The molecule has 0 unspecified atom stereocenters. The van der Waals surface area contributed by atoms with Gasteiger partial charge in [0.15, 0.2) is 0 Å². The molecule has 0 aliphatic carbocycles. The van der Waals surface area contributed by atoms with Crippen molar-refractivity contribution in [3.05, 3.63) is 59.2 Å². The van der Waals surface area contributed by atoms with Crippen LogP contribution in [-0.2, 0) is 5.88 Å². The summed E-state index contributed by atoms with van der Waals surface area (Å²) in [6, 6.07) is 9.56. The van der Waals surface area contributed by atoms with Gasteiger partial charge in [-0.15, -0.1) is 11.6 Å². The molecule has 0 heterocycles. The van der Waals surface area contributed by atoms with Crippen LogP contribution in [0.3, 0.4) is 0 Å². The van der Waals surface area contributed by atoms with Crippen LogP contribution in [-0.4, -0.2) is 0 Å². The average molecular weight is 280 g/mol. The van der Waals surface area contributed by atoms with Gasteiger partial charge in [0.05, 0.1) is 5.56 Å². The van der Waals surface area contributed by atoms with Gasteiger partial charge in [-0.2, -0.15) is 5.26 Å². The van der Waals surface area contributed by atoms with Gasteiger partial charge in [-0.1, -0.05) is 6.07 Å². The fraction of sp³-hybridized carbons (Fsp3) is 0.0714. The summed E-state index contributed by atoms with van der Waals surface area (Å²) in [5.41, 5.74) is 1.01. The van der Waals surface area contributed by atoms with E-state index < -0.39 is 11.6 Å². The number of nitrogens with zero attached hydrogens (tertiary/aromatic N) is 1. The fourth-order valence-corrected chi connectivity index (χ4v) is 1.72. The zero-order valence-electron chi connectivity index (χ0n) is 9.66. The summed E-state index contributed by atoms with van der Waals surface area (Å²) in [5.74, 6) is -1.01. The largest absolute Gasteiger partial charge is 0.456 e. The first-order valence-corrected chi connectivity index (χ1v) is 5.89. The van der Waals surface area contributed by atoms with Gasteiger partial charge in [0.2, 0.25) is 0 Å². The molecular weight excluding hydrogens is 272 g/mol. The summed E-state index contributed by atoms with van der Waals surface area (Å²) in [6.07, 6.45) is 0. The molecule has 0 bridgehead atoms. The highest BCUT2D eigenvalue weighted by Gasteiger charge is 2.08. The van der Waals surface area contributed by atoms with Crippen LogP contribution in [0.5, 0.6) is 11.5 Å². The van der Waals surface area contributed by atoms with Crippen LogP contribution in [0.1, 0.15) is 11.1 Å². The van der Waals surface area contributed by atoms with Crippen molar-refractivity contribution in [2.45, 2.75) is 5.88 Å². The first-order valence-electron chi connectivity index (χ1n) is 5.35. The van der Waals surface area contributed by atoms with E-state index in [1.54, 1.807) is 18.2 Å². The molecule has 0 atom stereocenters. The maximum absolute atomic E-state index is 13.0. The van der Waals surface area contributed by atoms with Crippen LogP contribution in [0.2, 0.25) is 0 Å². The lowest BCUT2D eigenvalue weighted by atomic mass is 10.1. The Kier molecular flexibility index (Phi) is 3.98. The van der Waals surface area contributed by atoms with Gasteiger partial charge in [0, 0.05) is 24.1 Å². The molecular formula is C14H8ClF2NO. The fourth-order valence-electron chi connectivity index (χ4n) is 1.55. The Morgan fingerprint density at radius 3 is 2.37 bits per heavy atom. The Hall–Kier alpha value is -2.12. The van der Waals surface area contributed by atoms with E-state index in [2.05, 4.69) is 0 Å². The maximum Gasteiger partial charge on any atom is 0.145 e. The molecule has 0 aliphatic rings. The van der Waals surface area contributed by atoms with Gasteiger partial charge >= 0.3 is 0 Å². The van der Waals surface area contributed by atoms with E-state index in [9.17, 15) is 8.78 Å². The number of ether oxygens (including phenoxy) is 1. The monoisotopic (exact) mass is 279 g/mol. The van der Waals surface area contributed by atoms with Gasteiger partial charge in [-0.3, -0.25) is 0 Å². The Balaban J connectivity index is 2.35. The highest BCUT2D eigenvalue weighted by molar-refractivity contribution is 6.17. The average Bonchev–Trinajstić information content (AvgIpc) is 2.38. The highest BCUT2D eigenvalue weighted by Crippen LogP contribution is 2.27. The van der Waals surface area contributed by atoms with E-state index >= 15 is 0 Å². The van der Waals surface area contributed by atoms with E-state index in [1.807, 2.05) is 6.07 Å². The van der Waals surface area contributed by atoms with Crippen molar-refractivity contribution in [1.29, 1.82) is 5.26 Å². The number of nitriles is 1.